The van der Waals surface area contributed by atoms with E-state index >= 15 is 0 Å². The highest BCUT2D eigenvalue weighted by Crippen LogP contribution is 2.39. The molecule has 1 N–H and O–H groups in total. The number of nitrogens with zero attached hydrogens (tertiary/aromatic N) is 1. The number of benzene rings is 1. The molecule has 1 aromatic rings. The van der Waals surface area contributed by atoms with Crippen molar-refractivity contribution < 1.29 is 24.2 Å². The number of ether oxygens (including phenoxy) is 2. The first-order valence-electron chi connectivity index (χ1n) is 9.31. The standard InChI is InChI=1S/C21H29NO5/c1-13(2)19(23)17-18(15-7-9-16(10-8-15)27-14(3)4)22(11-6-12-26-5)21(25)20(17)24/h7-10,13-14,18,24H,6,11-12H2,1-5H3. The van der Waals surface area contributed by atoms with E-state index in [-0.39, 0.29) is 23.4 Å². The summed E-state index contributed by atoms with van der Waals surface area (Å²) in [6, 6.07) is 6.72. The van der Waals surface area contributed by atoms with Crippen LogP contribution < -0.4 is 4.74 Å². The second kappa shape index (κ2) is 9.04. The summed E-state index contributed by atoms with van der Waals surface area (Å²) in [7, 11) is 1.60. The highest BCUT2D eigenvalue weighted by Gasteiger charge is 2.43. The number of methoxy groups -OCH3 is 1. The van der Waals surface area contributed by atoms with Crippen LogP contribution in [0.25, 0.3) is 0 Å². The molecule has 6 heteroatoms. The summed E-state index contributed by atoms with van der Waals surface area (Å²) < 4.78 is 10.7. The number of amides is 1. The molecular formula is C21H29NO5. The van der Waals surface area contributed by atoms with Crippen molar-refractivity contribution in [2.45, 2.75) is 46.3 Å². The topological polar surface area (TPSA) is 76.1 Å². The Labute approximate surface area is 160 Å². The predicted octanol–water partition coefficient (Wildman–Crippen LogP) is 3.43. The monoisotopic (exact) mass is 375 g/mol. The van der Waals surface area contributed by atoms with E-state index in [0.29, 0.717) is 25.3 Å². The maximum atomic E-state index is 12.7. The van der Waals surface area contributed by atoms with Crippen molar-refractivity contribution in [2.75, 3.05) is 20.3 Å². The lowest BCUT2D eigenvalue weighted by Crippen LogP contribution is -2.33. The van der Waals surface area contributed by atoms with Crippen molar-refractivity contribution >= 4 is 11.7 Å². The van der Waals surface area contributed by atoms with Gasteiger partial charge in [-0.25, -0.2) is 0 Å². The summed E-state index contributed by atoms with van der Waals surface area (Å²) in [5.41, 5.74) is 0.940. The Kier molecular flexibility index (Phi) is 7.02. The van der Waals surface area contributed by atoms with Crippen LogP contribution in [0.4, 0.5) is 0 Å². The van der Waals surface area contributed by atoms with Gasteiger partial charge in [0.15, 0.2) is 11.5 Å². The molecule has 0 fully saturated rings. The van der Waals surface area contributed by atoms with Gasteiger partial charge in [-0.2, -0.15) is 0 Å². The van der Waals surface area contributed by atoms with Crippen LogP contribution in [0.1, 0.15) is 45.7 Å². The van der Waals surface area contributed by atoms with E-state index in [1.54, 1.807) is 25.9 Å². The minimum absolute atomic E-state index is 0.0523. The second-order valence-corrected chi connectivity index (χ2v) is 7.26. The molecule has 1 atom stereocenters. The fraction of sp³-hybridized carbons (Fsp3) is 0.524. The molecule has 1 aliphatic heterocycles. The van der Waals surface area contributed by atoms with Crippen LogP contribution in [0.3, 0.4) is 0 Å². The lowest BCUT2D eigenvalue weighted by atomic mass is 9.91. The minimum atomic E-state index is -0.600. The Morgan fingerprint density at radius 3 is 2.33 bits per heavy atom. The summed E-state index contributed by atoms with van der Waals surface area (Å²) in [6.07, 6.45) is 0.667. The fourth-order valence-corrected chi connectivity index (χ4v) is 3.17. The molecule has 27 heavy (non-hydrogen) atoms. The number of ketones is 1. The molecular weight excluding hydrogens is 346 g/mol. The third kappa shape index (κ3) is 4.69. The van der Waals surface area contributed by atoms with Crippen molar-refractivity contribution in [3.63, 3.8) is 0 Å². The number of hydrogen-bond acceptors (Lipinski definition) is 5. The Morgan fingerprint density at radius 1 is 1.19 bits per heavy atom. The van der Waals surface area contributed by atoms with Crippen molar-refractivity contribution in [3.8, 4) is 5.75 Å². The fourth-order valence-electron chi connectivity index (χ4n) is 3.17. The highest BCUT2D eigenvalue weighted by atomic mass is 16.5. The van der Waals surface area contributed by atoms with E-state index in [0.717, 1.165) is 5.56 Å². The number of carbonyl (C=O) groups excluding carboxylic acids is 2. The molecule has 0 aliphatic carbocycles. The van der Waals surface area contributed by atoms with Gasteiger partial charge in [0.1, 0.15) is 5.75 Å². The Balaban J connectivity index is 2.40. The summed E-state index contributed by atoms with van der Waals surface area (Å²) >= 11 is 0. The molecule has 0 saturated carbocycles. The molecule has 1 aromatic carbocycles. The lowest BCUT2D eigenvalue weighted by Gasteiger charge is -2.27. The molecule has 148 valence electrons. The van der Waals surface area contributed by atoms with E-state index in [9.17, 15) is 14.7 Å². The second-order valence-electron chi connectivity index (χ2n) is 7.26. The minimum Gasteiger partial charge on any atom is -0.503 e. The van der Waals surface area contributed by atoms with E-state index in [4.69, 9.17) is 9.47 Å². The molecule has 0 saturated heterocycles. The average Bonchev–Trinajstić information content (AvgIpc) is 2.86. The smallest absolute Gasteiger partial charge is 0.290 e. The Morgan fingerprint density at radius 2 is 1.81 bits per heavy atom. The van der Waals surface area contributed by atoms with Gasteiger partial charge in [0, 0.05) is 26.2 Å². The van der Waals surface area contributed by atoms with E-state index in [1.165, 1.54) is 0 Å². The van der Waals surface area contributed by atoms with Crippen LogP contribution in [0.5, 0.6) is 5.75 Å². The van der Waals surface area contributed by atoms with Crippen LogP contribution in [-0.2, 0) is 14.3 Å². The van der Waals surface area contributed by atoms with Gasteiger partial charge in [-0.05, 0) is 38.0 Å². The number of carbonyl (C=O) groups is 2. The number of rotatable bonds is 9. The van der Waals surface area contributed by atoms with Crippen LogP contribution in [-0.4, -0.2) is 48.1 Å². The normalized spacial score (nSPS) is 17.4. The van der Waals surface area contributed by atoms with Crippen molar-refractivity contribution in [3.05, 3.63) is 41.2 Å². The first kappa shape index (κ1) is 21.0. The van der Waals surface area contributed by atoms with Crippen LogP contribution in [0.15, 0.2) is 35.6 Å². The zero-order chi connectivity index (χ0) is 20.1. The van der Waals surface area contributed by atoms with Crippen LogP contribution in [0, 0.1) is 5.92 Å². The first-order valence-corrected chi connectivity index (χ1v) is 9.31. The quantitative estimate of drug-likeness (QED) is 0.669. The maximum Gasteiger partial charge on any atom is 0.290 e. The van der Waals surface area contributed by atoms with Gasteiger partial charge < -0.3 is 19.5 Å². The van der Waals surface area contributed by atoms with Crippen molar-refractivity contribution in [1.29, 1.82) is 0 Å². The summed E-state index contributed by atoms with van der Waals surface area (Å²) in [4.78, 5) is 26.9. The molecule has 1 unspecified atom stereocenters. The van der Waals surface area contributed by atoms with Crippen LogP contribution in [0.2, 0.25) is 0 Å². The molecule has 0 radical (unpaired) electrons. The molecule has 1 heterocycles. The van der Waals surface area contributed by atoms with Gasteiger partial charge in [0.05, 0.1) is 17.7 Å². The highest BCUT2D eigenvalue weighted by molar-refractivity contribution is 6.09. The first-order chi connectivity index (χ1) is 12.8. The predicted molar refractivity (Wildman–Crippen MR) is 103 cm³/mol. The van der Waals surface area contributed by atoms with Gasteiger partial charge in [0.2, 0.25) is 0 Å². The van der Waals surface area contributed by atoms with Gasteiger partial charge >= 0.3 is 0 Å². The summed E-state index contributed by atoms with van der Waals surface area (Å²) in [5.74, 6) is -0.780. The number of aliphatic hydroxyl groups excluding tert-OH is 1. The molecule has 1 amide bonds. The third-order valence-electron chi connectivity index (χ3n) is 4.41. The number of Topliss-reactive ketones (excluding diaryl/α,β-unsaturated/α-hetero) is 1. The van der Waals surface area contributed by atoms with E-state index in [1.807, 2.05) is 38.1 Å². The van der Waals surface area contributed by atoms with E-state index < -0.39 is 17.7 Å². The van der Waals surface area contributed by atoms with Gasteiger partial charge in [-0.15, -0.1) is 0 Å². The number of aliphatic hydroxyl groups is 1. The van der Waals surface area contributed by atoms with Crippen molar-refractivity contribution in [2.24, 2.45) is 5.92 Å². The largest absolute Gasteiger partial charge is 0.503 e. The summed E-state index contributed by atoms with van der Waals surface area (Å²) in [6.45, 7) is 8.30. The van der Waals surface area contributed by atoms with E-state index in [2.05, 4.69) is 0 Å². The molecule has 0 spiro atoms. The molecule has 0 bridgehead atoms. The van der Waals surface area contributed by atoms with Gasteiger partial charge in [0.25, 0.3) is 5.91 Å². The molecule has 0 aromatic heterocycles. The molecule has 6 nitrogen and oxygen atoms in total. The van der Waals surface area contributed by atoms with Gasteiger partial charge in [-0.1, -0.05) is 26.0 Å². The average molecular weight is 375 g/mol. The lowest BCUT2D eigenvalue weighted by molar-refractivity contribution is -0.129. The molecule has 1 aliphatic rings. The summed E-state index contributed by atoms with van der Waals surface area (Å²) in [5, 5.41) is 10.4. The Bertz CT molecular complexity index is 706. The van der Waals surface area contributed by atoms with Crippen LogP contribution >= 0.6 is 0 Å². The molecule has 2 rings (SSSR count). The maximum absolute atomic E-state index is 12.7. The SMILES string of the molecule is COCCCN1C(=O)C(O)=C(C(=O)C(C)C)C1c1ccc(OC(C)C)cc1. The van der Waals surface area contributed by atoms with Gasteiger partial charge in [-0.3, -0.25) is 9.59 Å². The Hall–Kier alpha value is -2.34. The zero-order valence-electron chi connectivity index (χ0n) is 16.7. The van der Waals surface area contributed by atoms with Crippen molar-refractivity contribution in [1.82, 2.24) is 4.90 Å². The third-order valence-corrected chi connectivity index (χ3v) is 4.41. The number of hydrogen-bond donors (Lipinski definition) is 1. The zero-order valence-corrected chi connectivity index (χ0v) is 16.7.